The van der Waals surface area contributed by atoms with E-state index in [2.05, 4.69) is 25.5 Å². The molecule has 1 aromatic rings. The van der Waals surface area contributed by atoms with Crippen LogP contribution in [0.15, 0.2) is 83.8 Å². The number of halogens is 1. The lowest BCUT2D eigenvalue weighted by Gasteiger charge is -2.13. The first-order valence-electron chi connectivity index (χ1n) is 9.70. The van der Waals surface area contributed by atoms with Crippen LogP contribution in [0.2, 0.25) is 0 Å². The van der Waals surface area contributed by atoms with Gasteiger partial charge in [-0.2, -0.15) is 0 Å². The summed E-state index contributed by atoms with van der Waals surface area (Å²) in [6.45, 7) is 10.2. The van der Waals surface area contributed by atoms with Gasteiger partial charge >= 0.3 is 0 Å². The molecule has 0 unspecified atom stereocenters. The minimum atomic E-state index is -0.194. The van der Waals surface area contributed by atoms with E-state index in [9.17, 15) is 4.39 Å². The number of hydrogen-bond acceptors (Lipinski definition) is 0. The Morgan fingerprint density at radius 3 is 2.44 bits per heavy atom. The van der Waals surface area contributed by atoms with E-state index in [1.165, 1.54) is 25.3 Å². The van der Waals surface area contributed by atoms with Crippen LogP contribution >= 0.6 is 0 Å². The number of hydrogen-bond donors (Lipinski definition) is 0. The van der Waals surface area contributed by atoms with Gasteiger partial charge in [0.05, 0.1) is 5.83 Å². The Balaban J connectivity index is 3.32. The largest absolute Gasteiger partial charge is 0.212 e. The van der Waals surface area contributed by atoms with Gasteiger partial charge in [-0.25, -0.2) is 4.39 Å². The smallest absolute Gasteiger partial charge is 0.0997 e. The quantitative estimate of drug-likeness (QED) is 0.225. The molecule has 0 nitrogen and oxygen atoms in total. The predicted octanol–water partition coefficient (Wildman–Crippen LogP) is 7.98. The lowest BCUT2D eigenvalue weighted by atomic mass is 9.90. The lowest BCUT2D eigenvalue weighted by Crippen LogP contribution is -1.95. The molecule has 0 radical (unpaired) electrons. The Kier molecular flexibility index (Phi) is 10.6. The SMILES string of the molecule is C#CC(=C\C=C(\F)CC)/C(C(=C)/C=C\CCCCC)=C(\C)c1ccccc1. The molecule has 1 aromatic carbocycles. The van der Waals surface area contributed by atoms with Crippen molar-refractivity contribution in [3.63, 3.8) is 0 Å². The molecule has 0 aliphatic carbocycles. The summed E-state index contributed by atoms with van der Waals surface area (Å²) in [7, 11) is 0. The maximum absolute atomic E-state index is 13.6. The summed E-state index contributed by atoms with van der Waals surface area (Å²) in [5.41, 5.74) is 4.49. The van der Waals surface area contributed by atoms with Crippen LogP contribution in [0.3, 0.4) is 0 Å². The third-order valence-corrected chi connectivity index (χ3v) is 4.39. The summed E-state index contributed by atoms with van der Waals surface area (Å²) in [6, 6.07) is 10.1. The maximum atomic E-state index is 13.6. The third kappa shape index (κ3) is 7.67. The van der Waals surface area contributed by atoms with Crippen LogP contribution in [0, 0.1) is 12.3 Å². The molecule has 0 amide bonds. The molecule has 0 aliphatic rings. The number of benzene rings is 1. The zero-order chi connectivity index (χ0) is 20.1. The fourth-order valence-corrected chi connectivity index (χ4v) is 2.76. The van der Waals surface area contributed by atoms with Crippen LogP contribution in [0.5, 0.6) is 0 Å². The molecule has 0 bridgehead atoms. The summed E-state index contributed by atoms with van der Waals surface area (Å²) in [4.78, 5) is 0. The van der Waals surface area contributed by atoms with Crippen molar-refractivity contribution in [1.82, 2.24) is 0 Å². The van der Waals surface area contributed by atoms with E-state index in [1.54, 1.807) is 13.0 Å². The van der Waals surface area contributed by atoms with E-state index >= 15 is 0 Å². The van der Waals surface area contributed by atoms with Crippen LogP contribution in [-0.2, 0) is 0 Å². The Bertz CT molecular complexity index is 764. The second-order valence-corrected chi connectivity index (χ2v) is 6.48. The Morgan fingerprint density at radius 2 is 1.85 bits per heavy atom. The second kappa shape index (κ2) is 12.7. The molecule has 27 heavy (non-hydrogen) atoms. The summed E-state index contributed by atoms with van der Waals surface area (Å²) >= 11 is 0. The number of allylic oxidation sites excluding steroid dienone is 9. The van der Waals surface area contributed by atoms with E-state index in [4.69, 9.17) is 6.42 Å². The fraction of sp³-hybridized carbons (Fsp3) is 0.308. The van der Waals surface area contributed by atoms with Gasteiger partial charge in [-0.15, -0.1) is 6.42 Å². The van der Waals surface area contributed by atoms with E-state index in [-0.39, 0.29) is 5.83 Å². The highest BCUT2D eigenvalue weighted by Gasteiger charge is 2.11. The van der Waals surface area contributed by atoms with Gasteiger partial charge in [-0.05, 0) is 55.0 Å². The summed E-state index contributed by atoms with van der Waals surface area (Å²) in [6.07, 6.45) is 18.0. The topological polar surface area (TPSA) is 0 Å². The molecular weight excluding hydrogens is 331 g/mol. The van der Waals surface area contributed by atoms with Gasteiger partial charge in [-0.1, -0.05) is 81.7 Å². The van der Waals surface area contributed by atoms with Crippen molar-refractivity contribution in [2.24, 2.45) is 0 Å². The zero-order valence-corrected chi connectivity index (χ0v) is 16.9. The van der Waals surface area contributed by atoms with Crippen molar-refractivity contribution in [1.29, 1.82) is 0 Å². The first-order valence-corrected chi connectivity index (χ1v) is 9.70. The average Bonchev–Trinajstić information content (AvgIpc) is 2.70. The lowest BCUT2D eigenvalue weighted by molar-refractivity contribution is 0.604. The molecule has 0 aromatic heterocycles. The van der Waals surface area contributed by atoms with Crippen LogP contribution in [0.4, 0.5) is 4.39 Å². The summed E-state index contributed by atoms with van der Waals surface area (Å²) in [5, 5.41) is 0. The van der Waals surface area contributed by atoms with Gasteiger partial charge in [0.1, 0.15) is 0 Å². The first-order chi connectivity index (χ1) is 13.0. The number of rotatable bonds is 10. The van der Waals surface area contributed by atoms with Crippen molar-refractivity contribution >= 4 is 5.57 Å². The monoisotopic (exact) mass is 362 g/mol. The molecule has 0 fully saturated rings. The second-order valence-electron chi connectivity index (χ2n) is 6.48. The minimum Gasteiger partial charge on any atom is -0.212 e. The molecule has 1 rings (SSSR count). The van der Waals surface area contributed by atoms with E-state index in [0.29, 0.717) is 12.0 Å². The Hall–Kier alpha value is -2.59. The molecule has 0 aliphatic heterocycles. The van der Waals surface area contributed by atoms with E-state index < -0.39 is 0 Å². The van der Waals surface area contributed by atoms with E-state index in [1.807, 2.05) is 43.3 Å². The molecule has 1 heteroatoms. The van der Waals surface area contributed by atoms with Crippen LogP contribution in [-0.4, -0.2) is 0 Å². The predicted molar refractivity (Wildman–Crippen MR) is 118 cm³/mol. The third-order valence-electron chi connectivity index (χ3n) is 4.39. The van der Waals surface area contributed by atoms with Gasteiger partial charge in [-0.3, -0.25) is 0 Å². The van der Waals surface area contributed by atoms with Gasteiger partial charge < -0.3 is 0 Å². The van der Waals surface area contributed by atoms with Crippen molar-refractivity contribution in [3.8, 4) is 12.3 Å². The normalized spacial score (nSPS) is 13.4. The van der Waals surface area contributed by atoms with Gasteiger partial charge in [0.2, 0.25) is 0 Å². The minimum absolute atomic E-state index is 0.194. The molecule has 0 N–H and O–H groups in total. The zero-order valence-electron chi connectivity index (χ0n) is 16.9. The van der Waals surface area contributed by atoms with Crippen molar-refractivity contribution in [2.75, 3.05) is 0 Å². The Labute approximate surface area is 164 Å². The first kappa shape index (κ1) is 22.5. The molecule has 0 heterocycles. The molecule has 0 spiro atoms. The highest BCUT2D eigenvalue weighted by molar-refractivity contribution is 5.79. The van der Waals surface area contributed by atoms with Crippen molar-refractivity contribution < 1.29 is 4.39 Å². The van der Waals surface area contributed by atoms with Crippen LogP contribution < -0.4 is 0 Å². The van der Waals surface area contributed by atoms with Crippen LogP contribution in [0.25, 0.3) is 5.57 Å². The summed E-state index contributed by atoms with van der Waals surface area (Å²) < 4.78 is 13.6. The van der Waals surface area contributed by atoms with Gasteiger partial charge in [0.25, 0.3) is 0 Å². The fourth-order valence-electron chi connectivity index (χ4n) is 2.76. The van der Waals surface area contributed by atoms with Crippen molar-refractivity contribution in [3.05, 3.63) is 89.3 Å². The Morgan fingerprint density at radius 1 is 1.15 bits per heavy atom. The number of unbranched alkanes of at least 4 members (excludes halogenated alkanes) is 3. The molecule has 142 valence electrons. The standard InChI is InChI=1S/C26H31F/c1-6-9-10-11-13-16-21(4)26(22(5)24-17-14-12-15-18-24)23(7-2)19-20-25(27)8-3/h2,12-20H,4,6,8-11H2,1,3,5H3/b16-13-,23-19+,25-20+,26-22+. The van der Waals surface area contributed by atoms with Crippen LogP contribution in [0.1, 0.15) is 58.4 Å². The maximum Gasteiger partial charge on any atom is 0.0997 e. The van der Waals surface area contributed by atoms with Crippen molar-refractivity contribution in [2.45, 2.75) is 52.9 Å². The number of terminal acetylenes is 1. The molecule has 0 saturated carbocycles. The highest BCUT2D eigenvalue weighted by Crippen LogP contribution is 2.29. The molecule has 0 atom stereocenters. The van der Waals surface area contributed by atoms with Gasteiger partial charge in [0, 0.05) is 11.1 Å². The molecular formula is C26H31F. The van der Waals surface area contributed by atoms with E-state index in [0.717, 1.165) is 28.7 Å². The summed E-state index contributed by atoms with van der Waals surface area (Å²) in [5.74, 6) is 2.53. The van der Waals surface area contributed by atoms with Gasteiger partial charge in [0.15, 0.2) is 0 Å². The average molecular weight is 363 g/mol. The molecule has 0 saturated heterocycles. The highest BCUT2D eigenvalue weighted by atomic mass is 19.1.